The van der Waals surface area contributed by atoms with Gasteiger partial charge in [0.2, 0.25) is 8.32 Å². The average molecular weight is 369 g/mol. The Morgan fingerprint density at radius 3 is 2.16 bits per heavy atom. The zero-order valence-corrected chi connectivity index (χ0v) is 18.0. The molecule has 0 aliphatic rings. The Morgan fingerprint density at radius 2 is 1.68 bits per heavy atom. The van der Waals surface area contributed by atoms with Gasteiger partial charge in [0.1, 0.15) is 11.5 Å². The van der Waals surface area contributed by atoms with Crippen molar-refractivity contribution in [1.29, 1.82) is 0 Å². The first-order valence-electron chi connectivity index (χ1n) is 9.55. The summed E-state index contributed by atoms with van der Waals surface area (Å²) in [6.07, 6.45) is 2.53. The maximum Gasteiger partial charge on any atom is 0.303 e. The molecule has 0 aliphatic carbocycles. The van der Waals surface area contributed by atoms with E-state index >= 15 is 0 Å². The van der Waals surface area contributed by atoms with E-state index in [1.807, 2.05) is 6.92 Å². The minimum absolute atomic E-state index is 0.223. The molecule has 25 heavy (non-hydrogen) atoms. The predicted molar refractivity (Wildman–Crippen MR) is 104 cm³/mol. The summed E-state index contributed by atoms with van der Waals surface area (Å²) in [6, 6.07) is 2.09. The van der Waals surface area contributed by atoms with E-state index in [2.05, 4.69) is 47.6 Å². The van der Waals surface area contributed by atoms with Crippen LogP contribution < -0.4 is 0 Å². The highest BCUT2D eigenvalue weighted by atomic mass is 28.4. The first-order chi connectivity index (χ1) is 11.6. The standard InChI is InChI=1S/C20H36O4Si/c1-14(2)25(15(3)4,16(5)6)23-13-18-12-19(24-17(18)7)10-8-9-11-20(21)22/h12,14-16H,8-11,13H2,1-7H3,(H,21,22). The highest BCUT2D eigenvalue weighted by Crippen LogP contribution is 2.42. The van der Waals surface area contributed by atoms with Crippen LogP contribution in [0.1, 0.15) is 77.9 Å². The lowest BCUT2D eigenvalue weighted by atomic mass is 10.1. The van der Waals surface area contributed by atoms with Gasteiger partial charge in [-0.05, 0) is 42.5 Å². The summed E-state index contributed by atoms with van der Waals surface area (Å²) in [4.78, 5) is 10.6. The lowest BCUT2D eigenvalue weighted by molar-refractivity contribution is -0.137. The van der Waals surface area contributed by atoms with Crippen molar-refractivity contribution in [3.8, 4) is 0 Å². The fraction of sp³-hybridized carbons (Fsp3) is 0.750. The van der Waals surface area contributed by atoms with E-state index in [0.717, 1.165) is 29.9 Å². The van der Waals surface area contributed by atoms with Crippen LogP contribution in [-0.2, 0) is 22.2 Å². The number of unbranched alkanes of at least 4 members (excludes halogenated alkanes) is 1. The quantitative estimate of drug-likeness (QED) is 0.380. The molecule has 1 heterocycles. The molecule has 0 spiro atoms. The third-order valence-electron chi connectivity index (χ3n) is 5.32. The van der Waals surface area contributed by atoms with Gasteiger partial charge in [0.15, 0.2) is 0 Å². The van der Waals surface area contributed by atoms with Crippen molar-refractivity contribution in [1.82, 2.24) is 0 Å². The van der Waals surface area contributed by atoms with Gasteiger partial charge < -0.3 is 13.9 Å². The van der Waals surface area contributed by atoms with Gasteiger partial charge in [0, 0.05) is 18.4 Å². The molecule has 0 aromatic carbocycles. The van der Waals surface area contributed by atoms with Crippen LogP contribution in [0.3, 0.4) is 0 Å². The smallest absolute Gasteiger partial charge is 0.303 e. The Kier molecular flexibility index (Phi) is 8.42. The molecule has 0 saturated carbocycles. The predicted octanol–water partition coefficient (Wildman–Crippen LogP) is 6.08. The number of aryl methyl sites for hydroxylation is 2. The van der Waals surface area contributed by atoms with E-state index in [0.29, 0.717) is 29.7 Å². The SMILES string of the molecule is Cc1oc(CCCCC(=O)O)cc1CO[Si](C(C)C)(C(C)C)C(C)C. The van der Waals surface area contributed by atoms with Crippen molar-refractivity contribution < 1.29 is 18.7 Å². The molecule has 1 aromatic heterocycles. The minimum Gasteiger partial charge on any atom is -0.481 e. The van der Waals surface area contributed by atoms with Gasteiger partial charge in [-0.3, -0.25) is 4.79 Å². The van der Waals surface area contributed by atoms with Gasteiger partial charge in [0.25, 0.3) is 0 Å². The summed E-state index contributed by atoms with van der Waals surface area (Å²) in [5.74, 6) is 1.13. The lowest BCUT2D eigenvalue weighted by Gasteiger charge is -2.42. The maximum absolute atomic E-state index is 10.6. The second-order valence-corrected chi connectivity index (χ2v) is 13.5. The van der Waals surface area contributed by atoms with E-state index in [1.165, 1.54) is 0 Å². The van der Waals surface area contributed by atoms with Crippen molar-refractivity contribution in [2.75, 3.05) is 0 Å². The van der Waals surface area contributed by atoms with Crippen LogP contribution in [0, 0.1) is 6.92 Å². The van der Waals surface area contributed by atoms with Crippen molar-refractivity contribution in [2.24, 2.45) is 0 Å². The van der Waals surface area contributed by atoms with Crippen LogP contribution in [0.15, 0.2) is 10.5 Å². The number of hydrogen-bond acceptors (Lipinski definition) is 3. The third kappa shape index (κ3) is 5.71. The number of carboxylic acids is 1. The number of aliphatic carboxylic acids is 1. The van der Waals surface area contributed by atoms with Gasteiger partial charge in [-0.1, -0.05) is 41.5 Å². The summed E-state index contributed by atoms with van der Waals surface area (Å²) < 4.78 is 12.5. The average Bonchev–Trinajstić information content (AvgIpc) is 2.83. The van der Waals surface area contributed by atoms with E-state index in [4.69, 9.17) is 13.9 Å². The Bertz CT molecular complexity index is 524. The molecule has 1 N–H and O–H groups in total. The second kappa shape index (κ2) is 9.58. The number of furan rings is 1. The molecule has 144 valence electrons. The van der Waals surface area contributed by atoms with Gasteiger partial charge >= 0.3 is 5.97 Å². The van der Waals surface area contributed by atoms with Crippen LogP contribution in [0.2, 0.25) is 16.6 Å². The summed E-state index contributed by atoms with van der Waals surface area (Å²) in [5, 5.41) is 8.70. The fourth-order valence-electron chi connectivity index (χ4n) is 4.13. The topological polar surface area (TPSA) is 59.7 Å². The molecule has 1 rings (SSSR count). The van der Waals surface area contributed by atoms with Crippen LogP contribution >= 0.6 is 0 Å². The van der Waals surface area contributed by atoms with Crippen LogP contribution in [0.4, 0.5) is 0 Å². The van der Waals surface area contributed by atoms with Crippen molar-refractivity contribution in [3.63, 3.8) is 0 Å². The Hall–Kier alpha value is -1.07. The van der Waals surface area contributed by atoms with Crippen LogP contribution in [-0.4, -0.2) is 19.4 Å². The molecule has 5 heteroatoms. The summed E-state index contributed by atoms with van der Waals surface area (Å²) in [5.41, 5.74) is 2.83. The molecule has 0 aliphatic heterocycles. The monoisotopic (exact) mass is 368 g/mol. The Morgan fingerprint density at radius 1 is 1.12 bits per heavy atom. The van der Waals surface area contributed by atoms with Crippen molar-refractivity contribution >= 4 is 14.3 Å². The number of carboxylic acid groups (broad SMARTS) is 1. The lowest BCUT2D eigenvalue weighted by Crippen LogP contribution is -2.47. The maximum atomic E-state index is 10.6. The highest BCUT2D eigenvalue weighted by Gasteiger charge is 2.45. The minimum atomic E-state index is -1.87. The van der Waals surface area contributed by atoms with Crippen molar-refractivity contribution in [3.05, 3.63) is 23.2 Å². The van der Waals surface area contributed by atoms with Gasteiger partial charge in [0.05, 0.1) is 6.61 Å². The Balaban J connectivity index is 2.74. The first kappa shape index (κ1) is 22.0. The highest BCUT2D eigenvalue weighted by molar-refractivity contribution is 6.77. The van der Waals surface area contributed by atoms with Crippen LogP contribution in [0.5, 0.6) is 0 Å². The second-order valence-electron chi connectivity index (χ2n) is 8.00. The molecule has 0 atom stereocenters. The molecule has 1 aromatic rings. The van der Waals surface area contributed by atoms with E-state index < -0.39 is 14.3 Å². The zero-order valence-electron chi connectivity index (χ0n) is 17.0. The first-order valence-corrected chi connectivity index (χ1v) is 11.7. The Labute approximate surface area is 154 Å². The normalized spacial score (nSPS) is 12.6. The van der Waals surface area contributed by atoms with E-state index in [9.17, 15) is 4.79 Å². The summed E-state index contributed by atoms with van der Waals surface area (Å²) in [6.45, 7) is 16.4. The molecular weight excluding hydrogens is 332 g/mol. The molecule has 0 unspecified atom stereocenters. The van der Waals surface area contributed by atoms with Gasteiger partial charge in [-0.15, -0.1) is 0 Å². The molecule has 0 fully saturated rings. The number of hydrogen-bond donors (Lipinski definition) is 1. The summed E-state index contributed by atoms with van der Waals surface area (Å²) >= 11 is 0. The molecule has 0 radical (unpaired) electrons. The fourth-order valence-corrected chi connectivity index (χ4v) is 9.54. The van der Waals surface area contributed by atoms with Crippen LogP contribution in [0.25, 0.3) is 0 Å². The van der Waals surface area contributed by atoms with Gasteiger partial charge in [-0.25, -0.2) is 0 Å². The molecule has 0 saturated heterocycles. The molecular formula is C20H36O4Si. The third-order valence-corrected chi connectivity index (χ3v) is 11.4. The van der Waals surface area contributed by atoms with Gasteiger partial charge in [-0.2, -0.15) is 0 Å². The van der Waals surface area contributed by atoms with E-state index in [1.54, 1.807) is 0 Å². The van der Waals surface area contributed by atoms with Crippen molar-refractivity contribution in [2.45, 2.75) is 97.4 Å². The molecule has 0 amide bonds. The number of carbonyl (C=O) groups is 1. The molecule has 4 nitrogen and oxygen atoms in total. The van der Waals surface area contributed by atoms with E-state index in [-0.39, 0.29) is 6.42 Å². The summed E-state index contributed by atoms with van der Waals surface area (Å²) in [7, 11) is -1.87. The molecule has 0 bridgehead atoms. The number of rotatable bonds is 11. The zero-order chi connectivity index (χ0) is 19.2. The largest absolute Gasteiger partial charge is 0.481 e.